The summed E-state index contributed by atoms with van der Waals surface area (Å²) in [6.07, 6.45) is 0. The third-order valence-electron chi connectivity index (χ3n) is 2.60. The van der Waals surface area contributed by atoms with Gasteiger partial charge in [0, 0.05) is 16.3 Å². The first kappa shape index (κ1) is 13.2. The smallest absolute Gasteiger partial charge is 0.338 e. The number of rotatable bonds is 4. The van der Waals surface area contributed by atoms with Crippen molar-refractivity contribution >= 4 is 23.3 Å². The molecule has 3 N–H and O–H groups in total. The first-order chi connectivity index (χ1) is 9.08. The molecule has 0 heterocycles. The highest BCUT2D eigenvalue weighted by Crippen LogP contribution is 2.21. The number of carboxylic acid groups (broad SMARTS) is 1. The van der Waals surface area contributed by atoms with E-state index in [2.05, 4.69) is 0 Å². The number of nitrogen functional groups attached to an aromatic ring is 1. The molecule has 0 atom stereocenters. The van der Waals surface area contributed by atoms with Gasteiger partial charge in [0.1, 0.15) is 12.4 Å². The predicted molar refractivity (Wildman–Crippen MR) is 73.6 cm³/mol. The molecule has 0 saturated carbocycles. The molecule has 0 aliphatic rings. The van der Waals surface area contributed by atoms with E-state index in [1.54, 1.807) is 42.5 Å². The number of halogens is 1. The number of hydrogen-bond acceptors (Lipinski definition) is 3. The van der Waals surface area contributed by atoms with Crippen molar-refractivity contribution in [2.24, 2.45) is 0 Å². The molecule has 2 aromatic rings. The maximum atomic E-state index is 11.1. The largest absolute Gasteiger partial charge is 0.489 e. The van der Waals surface area contributed by atoms with Crippen LogP contribution in [0.15, 0.2) is 42.5 Å². The van der Waals surface area contributed by atoms with E-state index in [1.165, 1.54) is 0 Å². The zero-order valence-electron chi connectivity index (χ0n) is 9.97. The second-order valence-electron chi connectivity index (χ2n) is 3.93. The van der Waals surface area contributed by atoms with Gasteiger partial charge in [-0.25, -0.2) is 4.79 Å². The minimum atomic E-state index is -1.06. The van der Waals surface area contributed by atoms with Gasteiger partial charge in [0.15, 0.2) is 0 Å². The van der Waals surface area contributed by atoms with Crippen molar-refractivity contribution < 1.29 is 14.6 Å². The van der Waals surface area contributed by atoms with E-state index >= 15 is 0 Å². The quantitative estimate of drug-likeness (QED) is 0.842. The molecule has 0 bridgehead atoms. The standard InChI is InChI=1S/C14H12ClNO3/c15-10-4-6-11(7-5-10)19-8-9-2-1-3-12(16)13(9)14(17)18/h1-7H,8,16H2,(H,17,18). The number of anilines is 1. The summed E-state index contributed by atoms with van der Waals surface area (Å²) in [6.45, 7) is 0.133. The molecular formula is C14H12ClNO3. The lowest BCUT2D eigenvalue weighted by molar-refractivity contribution is 0.0695. The normalized spacial score (nSPS) is 10.2. The van der Waals surface area contributed by atoms with Crippen molar-refractivity contribution in [1.82, 2.24) is 0 Å². The van der Waals surface area contributed by atoms with Crippen LogP contribution < -0.4 is 10.5 Å². The van der Waals surface area contributed by atoms with Gasteiger partial charge in [-0.3, -0.25) is 0 Å². The van der Waals surface area contributed by atoms with E-state index in [0.717, 1.165) is 0 Å². The fraction of sp³-hybridized carbons (Fsp3) is 0.0714. The molecule has 19 heavy (non-hydrogen) atoms. The lowest BCUT2D eigenvalue weighted by Gasteiger charge is -2.10. The van der Waals surface area contributed by atoms with Crippen molar-refractivity contribution in [3.8, 4) is 5.75 Å². The molecule has 0 saturated heterocycles. The summed E-state index contributed by atoms with van der Waals surface area (Å²) in [5.41, 5.74) is 6.49. The molecule has 0 fully saturated rings. The number of hydrogen-bond donors (Lipinski definition) is 2. The highest BCUT2D eigenvalue weighted by molar-refractivity contribution is 6.30. The molecule has 0 radical (unpaired) electrons. The van der Waals surface area contributed by atoms with Crippen LogP contribution in [0.3, 0.4) is 0 Å². The maximum absolute atomic E-state index is 11.1. The fourth-order valence-electron chi connectivity index (χ4n) is 1.69. The van der Waals surface area contributed by atoms with E-state index in [1.807, 2.05) is 0 Å². The van der Waals surface area contributed by atoms with E-state index in [-0.39, 0.29) is 17.9 Å². The maximum Gasteiger partial charge on any atom is 0.338 e. The second-order valence-corrected chi connectivity index (χ2v) is 4.37. The van der Waals surface area contributed by atoms with Gasteiger partial charge in [-0.2, -0.15) is 0 Å². The van der Waals surface area contributed by atoms with Gasteiger partial charge in [-0.1, -0.05) is 23.7 Å². The Hall–Kier alpha value is -2.20. The van der Waals surface area contributed by atoms with Crippen LogP contribution in [-0.4, -0.2) is 11.1 Å². The predicted octanol–water partition coefficient (Wildman–Crippen LogP) is 3.20. The van der Waals surface area contributed by atoms with Crippen LogP contribution in [0.2, 0.25) is 5.02 Å². The zero-order chi connectivity index (χ0) is 13.8. The SMILES string of the molecule is Nc1cccc(COc2ccc(Cl)cc2)c1C(=O)O. The Labute approximate surface area is 115 Å². The summed E-state index contributed by atoms with van der Waals surface area (Å²) in [5, 5.41) is 9.74. The third kappa shape index (κ3) is 3.17. The minimum Gasteiger partial charge on any atom is -0.489 e. The molecule has 0 aliphatic carbocycles. The van der Waals surface area contributed by atoms with Crippen LogP contribution in [0, 0.1) is 0 Å². The van der Waals surface area contributed by atoms with Crippen LogP contribution >= 0.6 is 11.6 Å². The Morgan fingerprint density at radius 2 is 1.89 bits per heavy atom. The van der Waals surface area contributed by atoms with Crippen molar-refractivity contribution in [1.29, 1.82) is 0 Å². The Morgan fingerprint density at radius 1 is 1.21 bits per heavy atom. The van der Waals surface area contributed by atoms with E-state index < -0.39 is 5.97 Å². The van der Waals surface area contributed by atoms with Crippen molar-refractivity contribution in [2.45, 2.75) is 6.61 Å². The third-order valence-corrected chi connectivity index (χ3v) is 2.86. The van der Waals surface area contributed by atoms with Gasteiger partial charge in [-0.15, -0.1) is 0 Å². The van der Waals surface area contributed by atoms with E-state index in [9.17, 15) is 4.79 Å². The van der Waals surface area contributed by atoms with Gasteiger partial charge >= 0.3 is 5.97 Å². The molecule has 5 heteroatoms. The fourth-order valence-corrected chi connectivity index (χ4v) is 1.82. The summed E-state index contributed by atoms with van der Waals surface area (Å²) >= 11 is 5.77. The number of nitrogens with two attached hydrogens (primary N) is 1. The molecule has 0 unspecified atom stereocenters. The van der Waals surface area contributed by atoms with Gasteiger partial charge in [0.2, 0.25) is 0 Å². The average Bonchev–Trinajstić information content (AvgIpc) is 2.37. The Morgan fingerprint density at radius 3 is 2.53 bits per heavy atom. The van der Waals surface area contributed by atoms with Crippen LogP contribution in [0.5, 0.6) is 5.75 Å². The number of ether oxygens (including phenoxy) is 1. The molecular weight excluding hydrogens is 266 g/mol. The molecule has 4 nitrogen and oxygen atoms in total. The summed E-state index contributed by atoms with van der Waals surface area (Å²) in [5.74, 6) is -0.448. The molecule has 0 aromatic heterocycles. The Balaban J connectivity index is 2.18. The summed E-state index contributed by atoms with van der Waals surface area (Å²) in [7, 11) is 0. The topological polar surface area (TPSA) is 72.5 Å². The number of benzene rings is 2. The zero-order valence-corrected chi connectivity index (χ0v) is 10.7. The average molecular weight is 278 g/mol. The summed E-state index contributed by atoms with van der Waals surface area (Å²) < 4.78 is 5.52. The van der Waals surface area contributed by atoms with Crippen molar-refractivity contribution in [3.63, 3.8) is 0 Å². The highest BCUT2D eigenvalue weighted by Gasteiger charge is 2.13. The number of carbonyl (C=O) groups is 1. The van der Waals surface area contributed by atoms with Crippen LogP contribution in [0.4, 0.5) is 5.69 Å². The molecule has 2 aromatic carbocycles. The Kier molecular flexibility index (Phi) is 3.92. The lowest BCUT2D eigenvalue weighted by atomic mass is 10.1. The molecule has 98 valence electrons. The molecule has 0 amide bonds. The van der Waals surface area contributed by atoms with Crippen LogP contribution in [0.1, 0.15) is 15.9 Å². The van der Waals surface area contributed by atoms with Crippen molar-refractivity contribution in [2.75, 3.05) is 5.73 Å². The van der Waals surface area contributed by atoms with E-state index in [0.29, 0.717) is 16.3 Å². The summed E-state index contributed by atoms with van der Waals surface area (Å²) in [4.78, 5) is 11.1. The number of aromatic carboxylic acids is 1. The monoisotopic (exact) mass is 277 g/mol. The van der Waals surface area contributed by atoms with Crippen LogP contribution in [0.25, 0.3) is 0 Å². The summed E-state index contributed by atoms with van der Waals surface area (Å²) in [6, 6.07) is 11.8. The lowest BCUT2D eigenvalue weighted by Crippen LogP contribution is -2.09. The van der Waals surface area contributed by atoms with Gasteiger partial charge in [0.25, 0.3) is 0 Å². The van der Waals surface area contributed by atoms with Gasteiger partial charge in [0.05, 0.1) is 5.56 Å². The van der Waals surface area contributed by atoms with Gasteiger partial charge < -0.3 is 15.6 Å². The highest BCUT2D eigenvalue weighted by atomic mass is 35.5. The van der Waals surface area contributed by atoms with Gasteiger partial charge in [-0.05, 0) is 30.3 Å². The van der Waals surface area contributed by atoms with Crippen molar-refractivity contribution in [3.05, 3.63) is 58.6 Å². The first-order valence-corrected chi connectivity index (χ1v) is 5.95. The second kappa shape index (κ2) is 5.63. The molecule has 0 aliphatic heterocycles. The molecule has 0 spiro atoms. The molecule has 2 rings (SSSR count). The minimum absolute atomic E-state index is 0.0801. The number of carboxylic acids is 1. The first-order valence-electron chi connectivity index (χ1n) is 5.57. The Bertz CT molecular complexity index is 596. The van der Waals surface area contributed by atoms with E-state index in [4.69, 9.17) is 27.2 Å². The van der Waals surface area contributed by atoms with Crippen LogP contribution in [-0.2, 0) is 6.61 Å².